The van der Waals surface area contributed by atoms with Gasteiger partial charge in [-0.3, -0.25) is 14.3 Å². The fourth-order valence-corrected chi connectivity index (χ4v) is 4.76. The third-order valence-electron chi connectivity index (χ3n) is 6.69. The van der Waals surface area contributed by atoms with Crippen LogP contribution in [0, 0.1) is 12.8 Å². The van der Waals surface area contributed by atoms with Crippen LogP contribution in [0.3, 0.4) is 0 Å². The van der Waals surface area contributed by atoms with Gasteiger partial charge in [-0.15, -0.1) is 0 Å². The van der Waals surface area contributed by atoms with Gasteiger partial charge in [-0.25, -0.2) is 9.97 Å². The number of carbonyl (C=O) groups excluding carboxylic acids is 2. The predicted octanol–water partition coefficient (Wildman–Crippen LogP) is 1.01. The van der Waals surface area contributed by atoms with Gasteiger partial charge in [0, 0.05) is 52.3 Å². The third kappa shape index (κ3) is 3.61. The average molecular weight is 453 g/mol. The van der Waals surface area contributed by atoms with E-state index in [1.165, 1.54) is 6.33 Å². The summed E-state index contributed by atoms with van der Waals surface area (Å²) in [4.78, 5) is 41.6. The van der Waals surface area contributed by atoms with Crippen molar-refractivity contribution >= 4 is 23.0 Å². The summed E-state index contributed by atoms with van der Waals surface area (Å²) in [6.45, 7) is 6.42. The molecule has 2 aliphatic heterocycles. The zero-order valence-corrected chi connectivity index (χ0v) is 19.4. The molecular formula is C22H28N8O3. The van der Waals surface area contributed by atoms with E-state index in [4.69, 9.17) is 9.72 Å². The van der Waals surface area contributed by atoms with Crippen LogP contribution in [0.4, 0.5) is 0 Å². The Bertz CT molecular complexity index is 1230. The van der Waals surface area contributed by atoms with E-state index in [2.05, 4.69) is 22.0 Å². The molecule has 0 aliphatic carbocycles. The molecule has 2 fully saturated rings. The third-order valence-corrected chi connectivity index (χ3v) is 6.69. The number of aromatic nitrogens is 6. The number of hydrogen-bond donors (Lipinski definition) is 0. The van der Waals surface area contributed by atoms with Crippen LogP contribution in [-0.2, 0) is 23.2 Å². The van der Waals surface area contributed by atoms with Crippen molar-refractivity contribution < 1.29 is 14.3 Å². The van der Waals surface area contributed by atoms with Gasteiger partial charge >= 0.3 is 0 Å². The van der Waals surface area contributed by atoms with Gasteiger partial charge < -0.3 is 19.1 Å². The Morgan fingerprint density at radius 3 is 2.76 bits per heavy atom. The molecule has 11 nitrogen and oxygen atoms in total. The van der Waals surface area contributed by atoms with Crippen LogP contribution in [0.25, 0.3) is 22.6 Å². The Labute approximate surface area is 191 Å². The SMILES string of the molecule is CCn1ncc(-c2nc3c(OC4CCN(C(=O)C5CC(=O)N(C)C5)C4)ncnc3n2C)c1C. The molecule has 5 heterocycles. The maximum Gasteiger partial charge on any atom is 0.245 e. The molecule has 33 heavy (non-hydrogen) atoms. The minimum atomic E-state index is -0.266. The quantitative estimate of drug-likeness (QED) is 0.568. The number of nitrogens with zero attached hydrogens (tertiary/aromatic N) is 8. The van der Waals surface area contributed by atoms with Gasteiger partial charge in [0.2, 0.25) is 17.7 Å². The number of amides is 2. The van der Waals surface area contributed by atoms with E-state index in [1.54, 1.807) is 16.8 Å². The maximum atomic E-state index is 12.9. The van der Waals surface area contributed by atoms with Crippen molar-refractivity contribution in [3.63, 3.8) is 0 Å². The summed E-state index contributed by atoms with van der Waals surface area (Å²) in [6, 6.07) is 0. The maximum absolute atomic E-state index is 12.9. The van der Waals surface area contributed by atoms with Crippen molar-refractivity contribution in [3.8, 4) is 17.3 Å². The Balaban J connectivity index is 1.35. The largest absolute Gasteiger partial charge is 0.471 e. The molecule has 0 aromatic carbocycles. The van der Waals surface area contributed by atoms with E-state index in [1.807, 2.05) is 29.4 Å². The molecule has 3 aromatic rings. The number of fused-ring (bicyclic) bond motifs is 1. The summed E-state index contributed by atoms with van der Waals surface area (Å²) in [5, 5.41) is 4.43. The molecule has 2 amide bonds. The highest BCUT2D eigenvalue weighted by Gasteiger charge is 2.38. The molecule has 5 rings (SSSR count). The fourth-order valence-electron chi connectivity index (χ4n) is 4.76. The summed E-state index contributed by atoms with van der Waals surface area (Å²) < 4.78 is 10.1. The zero-order valence-electron chi connectivity index (χ0n) is 19.4. The molecule has 0 radical (unpaired) electrons. The first-order chi connectivity index (χ1) is 15.9. The summed E-state index contributed by atoms with van der Waals surface area (Å²) >= 11 is 0. The van der Waals surface area contributed by atoms with Gasteiger partial charge in [0.25, 0.3) is 0 Å². The van der Waals surface area contributed by atoms with E-state index in [0.29, 0.717) is 43.1 Å². The number of imidazole rings is 1. The first-order valence-corrected chi connectivity index (χ1v) is 11.3. The molecular weight excluding hydrogens is 424 g/mol. The molecule has 0 saturated carbocycles. The summed E-state index contributed by atoms with van der Waals surface area (Å²) in [5.41, 5.74) is 3.24. The molecule has 2 aliphatic rings. The summed E-state index contributed by atoms with van der Waals surface area (Å²) in [5.74, 6) is 0.949. The number of ether oxygens (including phenoxy) is 1. The first-order valence-electron chi connectivity index (χ1n) is 11.3. The second-order valence-corrected chi connectivity index (χ2v) is 8.79. The Kier molecular flexibility index (Phi) is 5.26. The van der Waals surface area contributed by atoms with Crippen molar-refractivity contribution in [1.82, 2.24) is 39.1 Å². The number of aryl methyl sites for hydroxylation is 2. The highest BCUT2D eigenvalue weighted by molar-refractivity contribution is 5.89. The molecule has 2 unspecified atom stereocenters. The van der Waals surface area contributed by atoms with Crippen molar-refractivity contribution in [2.24, 2.45) is 13.0 Å². The van der Waals surface area contributed by atoms with Crippen LogP contribution in [-0.4, -0.2) is 83.7 Å². The van der Waals surface area contributed by atoms with Crippen molar-refractivity contribution in [3.05, 3.63) is 18.2 Å². The van der Waals surface area contributed by atoms with Crippen LogP contribution >= 0.6 is 0 Å². The van der Waals surface area contributed by atoms with Gasteiger partial charge in [0.15, 0.2) is 11.2 Å². The lowest BCUT2D eigenvalue weighted by Gasteiger charge is -2.20. The monoisotopic (exact) mass is 452 g/mol. The van der Waals surface area contributed by atoms with Crippen LogP contribution in [0.2, 0.25) is 0 Å². The number of carbonyl (C=O) groups is 2. The van der Waals surface area contributed by atoms with E-state index in [0.717, 1.165) is 23.6 Å². The number of hydrogen-bond acceptors (Lipinski definition) is 7. The predicted molar refractivity (Wildman–Crippen MR) is 119 cm³/mol. The minimum absolute atomic E-state index is 0.0226. The number of rotatable bonds is 5. The van der Waals surface area contributed by atoms with Gasteiger partial charge in [-0.05, 0) is 13.8 Å². The van der Waals surface area contributed by atoms with Crippen molar-refractivity contribution in [2.75, 3.05) is 26.7 Å². The van der Waals surface area contributed by atoms with Crippen molar-refractivity contribution in [2.45, 2.75) is 39.3 Å². The van der Waals surface area contributed by atoms with Crippen LogP contribution < -0.4 is 4.74 Å². The van der Waals surface area contributed by atoms with Crippen LogP contribution in [0.15, 0.2) is 12.5 Å². The van der Waals surface area contributed by atoms with Gasteiger partial charge in [-0.1, -0.05) is 0 Å². The molecule has 3 aromatic heterocycles. The fraction of sp³-hybridized carbons (Fsp3) is 0.545. The molecule has 2 atom stereocenters. The highest BCUT2D eigenvalue weighted by atomic mass is 16.5. The molecule has 0 N–H and O–H groups in total. The van der Waals surface area contributed by atoms with E-state index in [-0.39, 0.29) is 30.3 Å². The minimum Gasteiger partial charge on any atom is -0.471 e. The summed E-state index contributed by atoms with van der Waals surface area (Å²) in [7, 11) is 3.65. The molecule has 174 valence electrons. The second-order valence-electron chi connectivity index (χ2n) is 8.79. The number of likely N-dealkylation sites (tertiary alicyclic amines) is 2. The van der Waals surface area contributed by atoms with E-state index in [9.17, 15) is 9.59 Å². The summed E-state index contributed by atoms with van der Waals surface area (Å²) in [6.07, 6.45) is 4.10. The molecule has 11 heteroatoms. The standard InChI is InChI=1S/C22H28N8O3/c1-5-30-13(2)16(9-25-30)19-26-18-20(28(19)4)23-12-24-21(18)33-15-6-7-29(11-15)22(32)14-8-17(31)27(3)10-14/h9,12,14-15H,5-8,10-11H2,1-4H3. The normalized spacial score (nSPS) is 20.9. The van der Waals surface area contributed by atoms with Gasteiger partial charge in [0.1, 0.15) is 18.3 Å². The topological polar surface area (TPSA) is 111 Å². The highest BCUT2D eigenvalue weighted by Crippen LogP contribution is 2.30. The van der Waals surface area contributed by atoms with Gasteiger partial charge in [0.05, 0.1) is 24.2 Å². The second kappa shape index (κ2) is 8.13. The Hall–Kier alpha value is -3.50. The smallest absolute Gasteiger partial charge is 0.245 e. The Morgan fingerprint density at radius 1 is 1.24 bits per heavy atom. The van der Waals surface area contributed by atoms with E-state index >= 15 is 0 Å². The molecule has 0 bridgehead atoms. The zero-order chi connectivity index (χ0) is 23.3. The lowest BCUT2D eigenvalue weighted by Crippen LogP contribution is -2.36. The first kappa shape index (κ1) is 21.4. The average Bonchev–Trinajstić information content (AvgIpc) is 3.56. The lowest BCUT2D eigenvalue weighted by atomic mass is 10.1. The lowest BCUT2D eigenvalue weighted by molar-refractivity contribution is -0.135. The van der Waals surface area contributed by atoms with Crippen molar-refractivity contribution in [1.29, 1.82) is 0 Å². The van der Waals surface area contributed by atoms with Gasteiger partial charge in [-0.2, -0.15) is 10.1 Å². The Morgan fingerprint density at radius 2 is 2.06 bits per heavy atom. The van der Waals surface area contributed by atoms with Crippen LogP contribution in [0.1, 0.15) is 25.5 Å². The van der Waals surface area contributed by atoms with Crippen LogP contribution in [0.5, 0.6) is 5.88 Å². The van der Waals surface area contributed by atoms with E-state index < -0.39 is 0 Å². The molecule has 2 saturated heterocycles. The molecule has 0 spiro atoms.